The summed E-state index contributed by atoms with van der Waals surface area (Å²) in [5.74, 6) is 0.525. The lowest BCUT2D eigenvalue weighted by Gasteiger charge is -2.36. The van der Waals surface area contributed by atoms with Crippen LogP contribution in [0.1, 0.15) is 74.1 Å². The van der Waals surface area contributed by atoms with Gasteiger partial charge in [0.1, 0.15) is 11.2 Å². The highest BCUT2D eigenvalue weighted by Crippen LogP contribution is 2.36. The van der Waals surface area contributed by atoms with E-state index in [0.717, 1.165) is 53.8 Å². The van der Waals surface area contributed by atoms with Crippen molar-refractivity contribution < 1.29 is 14.3 Å². The number of aromatic nitrogens is 3. The Morgan fingerprint density at radius 1 is 0.977 bits per heavy atom. The minimum Gasteiger partial charge on any atom is -0.443 e. The van der Waals surface area contributed by atoms with Crippen LogP contribution in [0.25, 0.3) is 22.3 Å². The molecule has 2 amide bonds. The van der Waals surface area contributed by atoms with Crippen molar-refractivity contribution in [3.63, 3.8) is 0 Å². The standard InChI is InChI=1S/C35H44N6O3/c1-23(41-19-16-25(17-20-41)24-9-11-26(12-10-24)33(42)38(5)6)31-21-29-28(15-18-36-32(29)40(31)8)30-14-13-27(22-37-30)39(7)34(43)44-35(2,3)4/h9-15,18,21-23,25H,16-17,19-20H2,1-8H3. The summed E-state index contributed by atoms with van der Waals surface area (Å²) in [7, 11) is 7.33. The largest absolute Gasteiger partial charge is 0.443 e. The first kappa shape index (κ1) is 31.2. The summed E-state index contributed by atoms with van der Waals surface area (Å²) in [5, 5.41) is 1.06. The number of benzene rings is 1. The number of ether oxygens (including phenoxy) is 1. The molecule has 1 aliphatic heterocycles. The number of nitrogens with zero attached hydrogens (tertiary/aromatic N) is 6. The summed E-state index contributed by atoms with van der Waals surface area (Å²) in [6.07, 6.45) is 5.27. The van der Waals surface area contributed by atoms with Gasteiger partial charge in [-0.1, -0.05) is 12.1 Å². The summed E-state index contributed by atoms with van der Waals surface area (Å²) in [6, 6.07) is 16.4. The van der Waals surface area contributed by atoms with Gasteiger partial charge in [-0.15, -0.1) is 0 Å². The quantitative estimate of drug-likeness (QED) is 0.248. The molecule has 1 saturated heterocycles. The zero-order valence-corrected chi connectivity index (χ0v) is 27.2. The fourth-order valence-electron chi connectivity index (χ4n) is 6.01. The summed E-state index contributed by atoms with van der Waals surface area (Å²) in [4.78, 5) is 39.9. The molecule has 4 heterocycles. The first-order chi connectivity index (χ1) is 20.8. The van der Waals surface area contributed by atoms with E-state index in [0.29, 0.717) is 11.6 Å². The number of hydrogen-bond acceptors (Lipinski definition) is 6. The third-order valence-electron chi connectivity index (χ3n) is 8.59. The highest BCUT2D eigenvalue weighted by molar-refractivity contribution is 5.94. The Balaban J connectivity index is 1.30. The van der Waals surface area contributed by atoms with E-state index in [1.807, 2.05) is 57.3 Å². The van der Waals surface area contributed by atoms with E-state index in [1.165, 1.54) is 16.2 Å². The zero-order chi connectivity index (χ0) is 31.8. The van der Waals surface area contributed by atoms with Gasteiger partial charge in [-0.2, -0.15) is 0 Å². The van der Waals surface area contributed by atoms with Gasteiger partial charge in [0.15, 0.2) is 0 Å². The molecule has 1 atom stereocenters. The second kappa shape index (κ2) is 12.4. The van der Waals surface area contributed by atoms with E-state index in [4.69, 9.17) is 14.7 Å². The Bertz CT molecular complexity index is 1630. The molecule has 0 aliphatic carbocycles. The number of hydrogen-bond donors (Lipinski definition) is 0. The van der Waals surface area contributed by atoms with Gasteiger partial charge >= 0.3 is 6.09 Å². The molecule has 9 nitrogen and oxygen atoms in total. The molecule has 0 saturated carbocycles. The topological polar surface area (TPSA) is 83.8 Å². The normalized spacial score (nSPS) is 15.3. The molecule has 1 unspecified atom stereocenters. The molecule has 0 radical (unpaired) electrons. The molecule has 1 fully saturated rings. The van der Waals surface area contributed by atoms with Crippen molar-refractivity contribution in [2.45, 2.75) is 58.1 Å². The van der Waals surface area contributed by atoms with Crippen molar-refractivity contribution in [3.8, 4) is 11.3 Å². The van der Waals surface area contributed by atoms with Gasteiger partial charge < -0.3 is 14.2 Å². The maximum atomic E-state index is 12.5. The van der Waals surface area contributed by atoms with Crippen LogP contribution < -0.4 is 4.90 Å². The minimum absolute atomic E-state index is 0.0337. The van der Waals surface area contributed by atoms with Crippen molar-refractivity contribution in [2.75, 3.05) is 39.1 Å². The van der Waals surface area contributed by atoms with Gasteiger partial charge in [0, 0.05) is 62.6 Å². The van der Waals surface area contributed by atoms with Gasteiger partial charge in [0.05, 0.1) is 17.6 Å². The number of carbonyl (C=O) groups excluding carboxylic acids is 2. The predicted molar refractivity (Wildman–Crippen MR) is 175 cm³/mol. The second-order valence-electron chi connectivity index (χ2n) is 13.0. The fourth-order valence-corrected chi connectivity index (χ4v) is 6.01. The molecule has 4 aromatic rings. The maximum absolute atomic E-state index is 12.5. The van der Waals surface area contributed by atoms with Gasteiger partial charge in [-0.05, 0) is 102 Å². The van der Waals surface area contributed by atoms with E-state index in [2.05, 4.69) is 41.6 Å². The smallest absolute Gasteiger partial charge is 0.414 e. The Morgan fingerprint density at radius 3 is 2.25 bits per heavy atom. The van der Waals surface area contributed by atoms with Crippen LogP contribution in [0.4, 0.5) is 10.5 Å². The van der Waals surface area contributed by atoms with E-state index in [9.17, 15) is 9.59 Å². The molecule has 0 N–H and O–H groups in total. The number of piperidine rings is 1. The third-order valence-corrected chi connectivity index (χ3v) is 8.59. The lowest BCUT2D eigenvalue weighted by molar-refractivity contribution is 0.0589. The summed E-state index contributed by atoms with van der Waals surface area (Å²) < 4.78 is 7.69. The molecule has 44 heavy (non-hydrogen) atoms. The van der Waals surface area contributed by atoms with Crippen LogP contribution in [-0.2, 0) is 11.8 Å². The number of rotatable bonds is 6. The molecule has 3 aromatic heterocycles. The van der Waals surface area contributed by atoms with Crippen LogP contribution in [0, 0.1) is 0 Å². The molecule has 1 aliphatic rings. The predicted octanol–water partition coefficient (Wildman–Crippen LogP) is 6.65. The summed E-state index contributed by atoms with van der Waals surface area (Å²) in [6.45, 7) is 9.82. The van der Waals surface area contributed by atoms with E-state index in [-0.39, 0.29) is 11.9 Å². The minimum atomic E-state index is -0.569. The van der Waals surface area contributed by atoms with Crippen molar-refractivity contribution in [1.82, 2.24) is 24.3 Å². The number of anilines is 1. The Kier molecular flexibility index (Phi) is 8.79. The van der Waals surface area contributed by atoms with Gasteiger partial charge in [-0.25, -0.2) is 9.78 Å². The average molecular weight is 597 g/mol. The highest BCUT2D eigenvalue weighted by Gasteiger charge is 2.27. The number of carbonyl (C=O) groups is 2. The van der Waals surface area contributed by atoms with E-state index >= 15 is 0 Å². The monoisotopic (exact) mass is 596 g/mol. The number of pyridine rings is 2. The maximum Gasteiger partial charge on any atom is 0.414 e. The van der Waals surface area contributed by atoms with Crippen LogP contribution in [-0.4, -0.2) is 76.2 Å². The molecular weight excluding hydrogens is 552 g/mol. The van der Waals surface area contributed by atoms with E-state index in [1.54, 1.807) is 32.2 Å². The molecule has 1 aromatic carbocycles. The molecule has 9 heteroatoms. The molecule has 0 spiro atoms. The van der Waals surface area contributed by atoms with Crippen LogP contribution in [0.3, 0.4) is 0 Å². The van der Waals surface area contributed by atoms with Gasteiger partial charge in [0.25, 0.3) is 5.91 Å². The van der Waals surface area contributed by atoms with Crippen LogP contribution in [0.5, 0.6) is 0 Å². The Hall–Kier alpha value is -4.24. The molecule has 232 valence electrons. The number of aryl methyl sites for hydroxylation is 1. The van der Waals surface area contributed by atoms with Crippen LogP contribution in [0.15, 0.2) is 60.9 Å². The lowest BCUT2D eigenvalue weighted by Crippen LogP contribution is -2.35. The van der Waals surface area contributed by atoms with E-state index < -0.39 is 11.7 Å². The number of likely N-dealkylation sites (tertiary alicyclic amines) is 1. The fraction of sp³-hybridized carbons (Fsp3) is 0.429. The van der Waals surface area contributed by atoms with Crippen LogP contribution >= 0.6 is 0 Å². The summed E-state index contributed by atoms with van der Waals surface area (Å²) >= 11 is 0. The Morgan fingerprint density at radius 2 is 1.66 bits per heavy atom. The average Bonchev–Trinajstić information content (AvgIpc) is 3.35. The van der Waals surface area contributed by atoms with Gasteiger partial charge in [-0.3, -0.25) is 19.6 Å². The zero-order valence-electron chi connectivity index (χ0n) is 27.2. The first-order valence-corrected chi connectivity index (χ1v) is 15.3. The van der Waals surface area contributed by atoms with Crippen molar-refractivity contribution in [2.24, 2.45) is 7.05 Å². The van der Waals surface area contributed by atoms with Crippen molar-refractivity contribution >= 4 is 28.7 Å². The highest BCUT2D eigenvalue weighted by atomic mass is 16.6. The lowest BCUT2D eigenvalue weighted by atomic mass is 9.88. The van der Waals surface area contributed by atoms with Gasteiger partial charge in [0.2, 0.25) is 0 Å². The SMILES string of the molecule is CC(c1cc2c(-c3ccc(N(C)C(=O)OC(C)(C)C)cn3)ccnc2n1C)N1CCC(c2ccc(C(=O)N(C)C)cc2)CC1. The summed E-state index contributed by atoms with van der Waals surface area (Å²) in [5.41, 5.74) is 6.09. The molecule has 5 rings (SSSR count). The Labute approximate surface area is 260 Å². The third kappa shape index (κ3) is 6.48. The van der Waals surface area contributed by atoms with Crippen molar-refractivity contribution in [3.05, 3.63) is 77.7 Å². The molecular formula is C35H44N6O3. The second-order valence-corrected chi connectivity index (χ2v) is 13.0. The number of fused-ring (bicyclic) bond motifs is 1. The van der Waals surface area contributed by atoms with Crippen LogP contribution in [0.2, 0.25) is 0 Å². The van der Waals surface area contributed by atoms with Crippen molar-refractivity contribution in [1.29, 1.82) is 0 Å². The molecule has 0 bridgehead atoms. The first-order valence-electron chi connectivity index (χ1n) is 15.3. The number of amides is 2.